The Morgan fingerprint density at radius 2 is 2.12 bits per heavy atom. The Bertz CT molecular complexity index is 150. The first-order valence-corrected chi connectivity index (χ1v) is 6.95. The van der Waals surface area contributed by atoms with Gasteiger partial charge in [-0.2, -0.15) is 0 Å². The van der Waals surface area contributed by atoms with Gasteiger partial charge in [-0.25, -0.2) is 0 Å². The average Bonchev–Trinajstić information content (AvgIpc) is 1.62. The third-order valence-corrected chi connectivity index (χ3v) is 9.21. The summed E-state index contributed by atoms with van der Waals surface area (Å²) in [5.74, 6) is 0. The predicted molar refractivity (Wildman–Crippen MR) is 25.6 cm³/mol. The Labute approximate surface area is 65.2 Å². The first-order chi connectivity index (χ1) is 3.48. The molecule has 0 aliphatic rings. The van der Waals surface area contributed by atoms with Crippen LogP contribution in [0, 0.1) is 0 Å². The second-order valence-corrected chi connectivity index (χ2v) is 9.37. The molecule has 0 aromatic rings. The molecule has 45 valence electrons. The maximum atomic E-state index is 10.2. The molecule has 0 rings (SSSR count). The second-order valence-electron chi connectivity index (χ2n) is 1.55. The second kappa shape index (κ2) is 3.13. The van der Waals surface area contributed by atoms with Gasteiger partial charge in [0.15, 0.2) is 0 Å². The van der Waals surface area contributed by atoms with Crippen LogP contribution in [0.15, 0.2) is 0 Å². The van der Waals surface area contributed by atoms with Crippen molar-refractivity contribution < 1.29 is 39.1 Å². The molecule has 1 unspecified atom stereocenters. The third-order valence-electron chi connectivity index (χ3n) is 0.877. The Morgan fingerprint density at radius 3 is 2.12 bits per heavy atom. The van der Waals surface area contributed by atoms with Gasteiger partial charge >= 0.3 is 65.3 Å². The Kier molecular flexibility index (Phi) is 3.46. The third kappa shape index (κ3) is 2.99. The van der Waals surface area contributed by atoms with E-state index >= 15 is 0 Å². The van der Waals surface area contributed by atoms with E-state index in [1.807, 2.05) is 0 Å². The van der Waals surface area contributed by atoms with Crippen LogP contribution in [-0.4, -0.2) is 15.7 Å². The summed E-state index contributed by atoms with van der Waals surface area (Å²) in [5.41, 5.74) is 0. The summed E-state index contributed by atoms with van der Waals surface area (Å²) >= 11 is 0.128. The first kappa shape index (κ1) is 8.85. The quantitative estimate of drug-likeness (QED) is 0.582. The van der Waals surface area contributed by atoms with Crippen molar-refractivity contribution in [3.8, 4) is 0 Å². The van der Waals surface area contributed by atoms with Crippen LogP contribution in [0.1, 0.15) is 13.3 Å². The minimum atomic E-state index is -3.67. The van der Waals surface area contributed by atoms with Crippen LogP contribution in [0.2, 0.25) is 0 Å². The van der Waals surface area contributed by atoms with Crippen molar-refractivity contribution in [2.24, 2.45) is 0 Å². The van der Waals surface area contributed by atoms with Crippen LogP contribution in [0.4, 0.5) is 0 Å². The standard InChI is InChI=1S/C3H7O3S.Hg/c1-2-3-7(4,5)6;/h3H,2H2,1H3,(H,4,5,6);. The van der Waals surface area contributed by atoms with Crippen LogP contribution in [0.25, 0.3) is 0 Å². The Balaban J connectivity index is 4.04. The zero-order valence-electron chi connectivity index (χ0n) is 4.66. The van der Waals surface area contributed by atoms with Crippen LogP contribution in [-0.2, 0) is 36.2 Å². The van der Waals surface area contributed by atoms with Gasteiger partial charge in [0.25, 0.3) is 0 Å². The molecule has 0 spiro atoms. The molecule has 0 saturated carbocycles. The zero-order chi connectivity index (χ0) is 6.78. The first-order valence-electron chi connectivity index (χ1n) is 2.28. The fraction of sp³-hybridized carbons (Fsp3) is 1.00. The van der Waals surface area contributed by atoms with E-state index in [2.05, 4.69) is 0 Å². The normalized spacial score (nSPS) is 16.0. The monoisotopic (exact) mass is 325 g/mol. The molecular weight excluding hydrogens is 317 g/mol. The van der Waals surface area contributed by atoms with E-state index in [-0.39, 0.29) is 26.1 Å². The van der Waals surface area contributed by atoms with E-state index in [1.54, 1.807) is 6.92 Å². The minimum absolute atomic E-state index is 0.128. The number of hydrogen-bond acceptors (Lipinski definition) is 2. The van der Waals surface area contributed by atoms with Gasteiger partial charge in [-0.1, -0.05) is 0 Å². The van der Waals surface area contributed by atoms with E-state index in [4.69, 9.17) is 4.55 Å². The van der Waals surface area contributed by atoms with E-state index in [1.165, 1.54) is 0 Å². The van der Waals surface area contributed by atoms with Crippen molar-refractivity contribution >= 4 is 10.1 Å². The molecule has 0 aromatic heterocycles. The topological polar surface area (TPSA) is 54.4 Å². The molecule has 0 heterocycles. The van der Waals surface area contributed by atoms with Crippen LogP contribution < -0.4 is 0 Å². The molecule has 0 aromatic carbocycles. The van der Waals surface area contributed by atoms with Crippen LogP contribution in [0.5, 0.6) is 0 Å². The molecule has 0 saturated heterocycles. The van der Waals surface area contributed by atoms with Gasteiger partial charge < -0.3 is 0 Å². The Morgan fingerprint density at radius 1 is 1.75 bits per heavy atom. The fourth-order valence-electron chi connectivity index (χ4n) is 0.211. The van der Waals surface area contributed by atoms with Gasteiger partial charge in [0.1, 0.15) is 0 Å². The van der Waals surface area contributed by atoms with Crippen molar-refractivity contribution in [1.29, 1.82) is 0 Å². The molecule has 1 N–H and O–H groups in total. The summed E-state index contributed by atoms with van der Waals surface area (Å²) in [6.07, 6.45) is 0.544. The van der Waals surface area contributed by atoms with Crippen LogP contribution in [0.3, 0.4) is 0 Å². The molecule has 0 aliphatic carbocycles. The van der Waals surface area contributed by atoms with E-state index in [9.17, 15) is 8.42 Å². The fourth-order valence-corrected chi connectivity index (χ4v) is 0.632. The SMILES string of the molecule is CC[CH]([Hg])S(=O)(=O)O. The van der Waals surface area contributed by atoms with Crippen molar-refractivity contribution in [3.05, 3.63) is 0 Å². The summed E-state index contributed by atoms with van der Waals surface area (Å²) in [6.45, 7) is 1.76. The molecule has 0 aliphatic heterocycles. The van der Waals surface area contributed by atoms with Gasteiger partial charge in [-0.15, -0.1) is 0 Å². The molecule has 0 radical (unpaired) electrons. The molecule has 1 atom stereocenters. The predicted octanol–water partition coefficient (Wildman–Crippen LogP) is 0.157. The van der Waals surface area contributed by atoms with Crippen molar-refractivity contribution in [1.82, 2.24) is 0 Å². The van der Waals surface area contributed by atoms with Crippen LogP contribution >= 0.6 is 0 Å². The zero-order valence-corrected chi connectivity index (χ0v) is 11.0. The van der Waals surface area contributed by atoms with E-state index in [0.717, 1.165) is 0 Å². The van der Waals surface area contributed by atoms with Gasteiger partial charge in [0.2, 0.25) is 0 Å². The summed E-state index contributed by atoms with van der Waals surface area (Å²) in [4.78, 5) is 0. The van der Waals surface area contributed by atoms with E-state index < -0.39 is 12.9 Å². The number of rotatable bonds is 2. The average molecular weight is 324 g/mol. The molecular formula is C3H7HgO3S. The summed E-state index contributed by atoms with van der Waals surface area (Å²) < 4.78 is 28.2. The summed E-state index contributed by atoms with van der Waals surface area (Å²) in [7, 11) is -3.67. The maximum absolute atomic E-state index is 10.2. The Hall–Kier alpha value is 0.845. The van der Waals surface area contributed by atoms with Gasteiger partial charge in [0, 0.05) is 0 Å². The van der Waals surface area contributed by atoms with Gasteiger partial charge in [0.05, 0.1) is 0 Å². The molecule has 8 heavy (non-hydrogen) atoms. The molecule has 3 nitrogen and oxygen atoms in total. The molecule has 5 heteroatoms. The van der Waals surface area contributed by atoms with Crippen molar-refractivity contribution in [2.45, 2.75) is 16.1 Å². The summed E-state index contributed by atoms with van der Waals surface area (Å²) in [6, 6.07) is 0. The molecule has 0 amide bonds. The molecule has 0 bridgehead atoms. The summed E-state index contributed by atoms with van der Waals surface area (Å²) in [5, 5.41) is 0. The van der Waals surface area contributed by atoms with Crippen molar-refractivity contribution in [3.63, 3.8) is 0 Å². The van der Waals surface area contributed by atoms with Crippen molar-refractivity contribution in [2.75, 3.05) is 0 Å². The number of hydrogen-bond donors (Lipinski definition) is 1. The van der Waals surface area contributed by atoms with Gasteiger partial charge in [-0.05, 0) is 0 Å². The van der Waals surface area contributed by atoms with Gasteiger partial charge in [-0.3, -0.25) is 0 Å². The van der Waals surface area contributed by atoms with E-state index in [0.29, 0.717) is 6.42 Å². The molecule has 0 fully saturated rings.